The summed E-state index contributed by atoms with van der Waals surface area (Å²) in [4.78, 5) is 27.8. The van der Waals surface area contributed by atoms with E-state index >= 15 is 0 Å². The molecule has 2 aromatic rings. The summed E-state index contributed by atoms with van der Waals surface area (Å²) in [6.07, 6.45) is 3.40. The number of hydrogen-bond donors (Lipinski definition) is 2. The second kappa shape index (κ2) is 9.45. The molecule has 1 amide bonds. The molecule has 0 spiro atoms. The first-order valence-corrected chi connectivity index (χ1v) is 13.4. The van der Waals surface area contributed by atoms with Gasteiger partial charge in [0.1, 0.15) is 11.7 Å². The van der Waals surface area contributed by atoms with Crippen molar-refractivity contribution in [1.29, 1.82) is 0 Å². The van der Waals surface area contributed by atoms with Crippen molar-refractivity contribution in [2.75, 3.05) is 6.26 Å². The van der Waals surface area contributed by atoms with E-state index in [-0.39, 0.29) is 16.1 Å². The second-order valence-electron chi connectivity index (χ2n) is 8.72. The molecule has 1 aliphatic heterocycles. The SMILES string of the molecule is CS(=O)(=O)N[C@H]1CCCC[C@@H]1N1C(=O)c2cc(F)ccc2[C@@H](C(=O)O)[C@@H]1c1ccc(Cl)cc1Cl. The Hall–Kier alpha value is -2.20. The molecule has 7 nitrogen and oxygen atoms in total. The summed E-state index contributed by atoms with van der Waals surface area (Å²) >= 11 is 12.6. The molecular formula is C23H23Cl2FN2O5S. The number of nitrogens with one attached hydrogen (secondary N) is 1. The van der Waals surface area contributed by atoms with E-state index in [1.807, 2.05) is 0 Å². The third-order valence-corrected chi connectivity index (χ3v) is 7.72. The first-order valence-electron chi connectivity index (χ1n) is 10.7. The molecule has 2 N–H and O–H groups in total. The summed E-state index contributed by atoms with van der Waals surface area (Å²) in [6, 6.07) is 5.70. The Morgan fingerprint density at radius 3 is 2.44 bits per heavy atom. The van der Waals surface area contributed by atoms with Crippen molar-refractivity contribution in [3.05, 3.63) is 69.0 Å². The lowest BCUT2D eigenvalue weighted by molar-refractivity contribution is -0.141. The standard InChI is InChI=1S/C23H23Cl2FN2O5S/c1-34(32,33)27-18-4-2-3-5-19(18)28-21(15-8-6-12(24)10-17(15)25)20(23(30)31)14-9-7-13(26)11-16(14)22(28)29/h6-11,18-21,27H,2-5H2,1H3,(H,30,31)/t18-,19-,20+,21-/m0/s1. The van der Waals surface area contributed by atoms with E-state index in [0.29, 0.717) is 29.8 Å². The molecule has 34 heavy (non-hydrogen) atoms. The average Bonchev–Trinajstić information content (AvgIpc) is 2.73. The van der Waals surface area contributed by atoms with Crippen molar-refractivity contribution in [2.45, 2.75) is 49.7 Å². The average molecular weight is 529 g/mol. The zero-order valence-corrected chi connectivity index (χ0v) is 20.5. The quantitative estimate of drug-likeness (QED) is 0.599. The zero-order valence-electron chi connectivity index (χ0n) is 18.2. The van der Waals surface area contributed by atoms with Crippen LogP contribution in [0.3, 0.4) is 0 Å². The summed E-state index contributed by atoms with van der Waals surface area (Å²) in [6.45, 7) is 0. The molecule has 0 bridgehead atoms. The number of nitrogens with zero attached hydrogens (tertiary/aromatic N) is 1. The van der Waals surface area contributed by atoms with Crippen molar-refractivity contribution in [2.24, 2.45) is 0 Å². The highest BCUT2D eigenvalue weighted by molar-refractivity contribution is 7.88. The van der Waals surface area contributed by atoms with Gasteiger partial charge in [-0.15, -0.1) is 0 Å². The molecule has 0 aromatic heterocycles. The van der Waals surface area contributed by atoms with Crippen molar-refractivity contribution in [1.82, 2.24) is 9.62 Å². The van der Waals surface area contributed by atoms with Gasteiger partial charge < -0.3 is 10.0 Å². The van der Waals surface area contributed by atoms with Crippen LogP contribution in [0.4, 0.5) is 4.39 Å². The van der Waals surface area contributed by atoms with Crippen molar-refractivity contribution >= 4 is 45.1 Å². The monoisotopic (exact) mass is 528 g/mol. The molecule has 4 atom stereocenters. The van der Waals surface area contributed by atoms with Crippen LogP contribution in [-0.2, 0) is 14.8 Å². The van der Waals surface area contributed by atoms with Crippen LogP contribution in [0.15, 0.2) is 36.4 Å². The van der Waals surface area contributed by atoms with E-state index in [1.54, 1.807) is 12.1 Å². The fraction of sp³-hybridized carbons (Fsp3) is 0.391. The van der Waals surface area contributed by atoms with E-state index in [2.05, 4.69) is 4.72 Å². The van der Waals surface area contributed by atoms with Gasteiger partial charge in [-0.05, 0) is 48.2 Å². The van der Waals surface area contributed by atoms with Crippen LogP contribution in [-0.4, -0.2) is 48.6 Å². The molecule has 1 heterocycles. The molecule has 1 fully saturated rings. The van der Waals surface area contributed by atoms with Gasteiger partial charge in [-0.3, -0.25) is 9.59 Å². The molecule has 11 heteroatoms. The lowest BCUT2D eigenvalue weighted by Gasteiger charge is -2.48. The Morgan fingerprint density at radius 2 is 1.79 bits per heavy atom. The highest BCUT2D eigenvalue weighted by Gasteiger charge is 2.49. The number of amides is 1. The molecule has 0 unspecified atom stereocenters. The third kappa shape index (κ3) is 4.79. The zero-order chi connectivity index (χ0) is 24.8. The molecule has 0 saturated heterocycles. The first kappa shape index (κ1) is 24.9. The van der Waals surface area contributed by atoms with E-state index in [0.717, 1.165) is 24.8 Å². The van der Waals surface area contributed by atoms with Crippen LogP contribution in [0.25, 0.3) is 0 Å². The summed E-state index contributed by atoms with van der Waals surface area (Å²) in [5, 5.41) is 10.8. The fourth-order valence-electron chi connectivity index (χ4n) is 5.13. The summed E-state index contributed by atoms with van der Waals surface area (Å²) < 4.78 is 40.9. The minimum absolute atomic E-state index is 0.0579. The number of carbonyl (C=O) groups is 2. The van der Waals surface area contributed by atoms with Crippen molar-refractivity contribution < 1.29 is 27.5 Å². The van der Waals surface area contributed by atoms with Gasteiger partial charge in [0.2, 0.25) is 10.0 Å². The van der Waals surface area contributed by atoms with Gasteiger partial charge in [-0.2, -0.15) is 0 Å². The van der Waals surface area contributed by atoms with Crippen LogP contribution >= 0.6 is 23.2 Å². The Kier molecular flexibility index (Phi) is 6.92. The minimum atomic E-state index is -3.61. The van der Waals surface area contributed by atoms with Crippen LogP contribution < -0.4 is 4.72 Å². The normalized spacial score (nSPS) is 25.2. The van der Waals surface area contributed by atoms with Gasteiger partial charge in [-0.25, -0.2) is 17.5 Å². The van der Waals surface area contributed by atoms with Crippen molar-refractivity contribution in [3.63, 3.8) is 0 Å². The lowest BCUT2D eigenvalue weighted by atomic mass is 9.77. The number of rotatable bonds is 5. The van der Waals surface area contributed by atoms with Crippen LogP contribution in [0, 0.1) is 5.82 Å². The number of benzene rings is 2. The number of sulfonamides is 1. The molecule has 0 radical (unpaired) electrons. The van der Waals surface area contributed by atoms with Gasteiger partial charge in [0.15, 0.2) is 0 Å². The Bertz CT molecular complexity index is 1260. The van der Waals surface area contributed by atoms with E-state index in [1.165, 1.54) is 17.0 Å². The van der Waals surface area contributed by atoms with Gasteiger partial charge >= 0.3 is 5.97 Å². The highest BCUT2D eigenvalue weighted by Crippen LogP contribution is 2.48. The predicted octanol–water partition coefficient (Wildman–Crippen LogP) is 4.36. The largest absolute Gasteiger partial charge is 0.481 e. The summed E-state index contributed by atoms with van der Waals surface area (Å²) in [5.74, 6) is -3.72. The number of halogens is 3. The molecule has 182 valence electrons. The Morgan fingerprint density at radius 1 is 1.12 bits per heavy atom. The number of carboxylic acid groups (broad SMARTS) is 1. The maximum atomic E-state index is 14.1. The molecule has 2 aromatic carbocycles. The molecule has 4 rings (SSSR count). The van der Waals surface area contributed by atoms with E-state index in [9.17, 15) is 27.5 Å². The third-order valence-electron chi connectivity index (χ3n) is 6.43. The number of carbonyl (C=O) groups excluding carboxylic acids is 1. The molecule has 2 aliphatic rings. The smallest absolute Gasteiger partial charge is 0.313 e. The van der Waals surface area contributed by atoms with Crippen LogP contribution in [0.2, 0.25) is 10.0 Å². The second-order valence-corrected chi connectivity index (χ2v) is 11.3. The summed E-state index contributed by atoms with van der Waals surface area (Å²) in [7, 11) is -3.61. The maximum Gasteiger partial charge on any atom is 0.313 e. The predicted molar refractivity (Wildman–Crippen MR) is 126 cm³/mol. The number of hydrogen-bond acceptors (Lipinski definition) is 4. The topological polar surface area (TPSA) is 104 Å². The minimum Gasteiger partial charge on any atom is -0.481 e. The van der Waals surface area contributed by atoms with E-state index in [4.69, 9.17) is 23.2 Å². The number of carboxylic acids is 1. The number of aliphatic carboxylic acids is 1. The first-order chi connectivity index (χ1) is 16.0. The van der Waals surface area contributed by atoms with Gasteiger partial charge in [-0.1, -0.05) is 48.2 Å². The lowest BCUT2D eigenvalue weighted by Crippen LogP contribution is -2.58. The molecule has 1 saturated carbocycles. The fourth-order valence-corrected chi connectivity index (χ4v) is 6.48. The summed E-state index contributed by atoms with van der Waals surface area (Å²) in [5.41, 5.74) is 0.484. The molecule has 1 aliphatic carbocycles. The maximum absolute atomic E-state index is 14.1. The van der Waals surface area contributed by atoms with Crippen molar-refractivity contribution in [3.8, 4) is 0 Å². The van der Waals surface area contributed by atoms with Gasteiger partial charge in [0.25, 0.3) is 5.91 Å². The Balaban J connectivity index is 1.95. The van der Waals surface area contributed by atoms with Gasteiger partial charge in [0.05, 0.1) is 12.3 Å². The van der Waals surface area contributed by atoms with E-state index < -0.39 is 51.8 Å². The highest BCUT2D eigenvalue weighted by atomic mass is 35.5. The van der Waals surface area contributed by atoms with Gasteiger partial charge in [0, 0.05) is 27.7 Å². The number of fused-ring (bicyclic) bond motifs is 1. The van der Waals surface area contributed by atoms with Crippen LogP contribution in [0.5, 0.6) is 0 Å². The molecular weight excluding hydrogens is 506 g/mol. The Labute approximate surface area is 206 Å². The van der Waals surface area contributed by atoms with Crippen LogP contribution in [0.1, 0.15) is 59.1 Å².